The Morgan fingerprint density at radius 3 is 2.68 bits per heavy atom. The number of carboxylic acids is 1. The highest BCUT2D eigenvalue weighted by molar-refractivity contribution is 7.13. The molecule has 0 aliphatic carbocycles. The van der Waals surface area contributed by atoms with Crippen molar-refractivity contribution in [1.82, 2.24) is 4.98 Å². The van der Waals surface area contributed by atoms with Gasteiger partial charge in [0.2, 0.25) is 5.91 Å². The van der Waals surface area contributed by atoms with Gasteiger partial charge in [0.05, 0.1) is 10.0 Å². The van der Waals surface area contributed by atoms with Gasteiger partial charge in [0, 0.05) is 23.8 Å². The summed E-state index contributed by atoms with van der Waals surface area (Å²) < 4.78 is 0. The van der Waals surface area contributed by atoms with Gasteiger partial charge in [-0.3, -0.25) is 9.59 Å². The number of aliphatic carboxylic acids is 1. The standard InChI is InChI=1S/C14H12Cl2N2O3S/c15-9-5-4-8(6-10(9)16)14-18-11(7-22-14)17-12(19)2-1-3-13(20)21/h4-7H,1-3H2,(H,17,19)(H,20,21). The lowest BCUT2D eigenvalue weighted by Gasteiger charge is -2.01. The van der Waals surface area contributed by atoms with Crippen LogP contribution in [0, 0.1) is 0 Å². The van der Waals surface area contributed by atoms with E-state index in [-0.39, 0.29) is 18.7 Å². The van der Waals surface area contributed by atoms with Gasteiger partial charge in [0.25, 0.3) is 0 Å². The topological polar surface area (TPSA) is 79.3 Å². The highest BCUT2D eigenvalue weighted by atomic mass is 35.5. The van der Waals surface area contributed by atoms with E-state index in [9.17, 15) is 9.59 Å². The monoisotopic (exact) mass is 358 g/mol. The average molecular weight is 359 g/mol. The molecule has 0 atom stereocenters. The fourth-order valence-electron chi connectivity index (χ4n) is 1.70. The van der Waals surface area contributed by atoms with Crippen LogP contribution >= 0.6 is 34.5 Å². The number of carbonyl (C=O) groups is 2. The van der Waals surface area contributed by atoms with Gasteiger partial charge in [-0.05, 0) is 18.6 Å². The van der Waals surface area contributed by atoms with E-state index >= 15 is 0 Å². The van der Waals surface area contributed by atoms with Gasteiger partial charge in [-0.1, -0.05) is 29.3 Å². The number of nitrogens with one attached hydrogen (secondary N) is 1. The zero-order chi connectivity index (χ0) is 16.1. The molecule has 2 N–H and O–H groups in total. The number of nitrogens with zero attached hydrogens (tertiary/aromatic N) is 1. The van der Waals surface area contributed by atoms with E-state index in [1.165, 1.54) is 11.3 Å². The van der Waals surface area contributed by atoms with Crippen molar-refractivity contribution in [2.45, 2.75) is 19.3 Å². The molecule has 1 heterocycles. The van der Waals surface area contributed by atoms with Crippen LogP contribution in [0.3, 0.4) is 0 Å². The van der Waals surface area contributed by atoms with Crippen LogP contribution in [-0.2, 0) is 9.59 Å². The van der Waals surface area contributed by atoms with Crippen molar-refractivity contribution in [3.63, 3.8) is 0 Å². The van der Waals surface area contributed by atoms with Crippen LogP contribution in [0.2, 0.25) is 10.0 Å². The van der Waals surface area contributed by atoms with E-state index in [1.54, 1.807) is 23.6 Å². The number of aromatic nitrogens is 1. The Bertz CT molecular complexity index is 703. The molecule has 0 saturated carbocycles. The molecule has 0 radical (unpaired) electrons. The number of rotatable bonds is 6. The van der Waals surface area contributed by atoms with Gasteiger partial charge in [-0.15, -0.1) is 11.3 Å². The van der Waals surface area contributed by atoms with Crippen molar-refractivity contribution >= 4 is 52.2 Å². The second-order valence-corrected chi connectivity index (χ2v) is 6.13. The number of carboxylic acid groups (broad SMARTS) is 1. The first kappa shape index (κ1) is 16.7. The first-order chi connectivity index (χ1) is 10.5. The minimum Gasteiger partial charge on any atom is -0.481 e. The van der Waals surface area contributed by atoms with Gasteiger partial charge >= 0.3 is 5.97 Å². The van der Waals surface area contributed by atoms with E-state index in [0.29, 0.717) is 27.3 Å². The molecule has 0 aliphatic heterocycles. The van der Waals surface area contributed by atoms with Gasteiger partial charge in [-0.2, -0.15) is 0 Å². The highest BCUT2D eigenvalue weighted by Gasteiger charge is 2.10. The molecule has 1 amide bonds. The summed E-state index contributed by atoms with van der Waals surface area (Å²) in [6.45, 7) is 0. The number of thiazole rings is 1. The van der Waals surface area contributed by atoms with Gasteiger partial charge in [-0.25, -0.2) is 4.98 Å². The Labute approximate surface area is 140 Å². The maximum atomic E-state index is 11.7. The van der Waals surface area contributed by atoms with Crippen LogP contribution in [-0.4, -0.2) is 22.0 Å². The van der Waals surface area contributed by atoms with Crippen molar-refractivity contribution < 1.29 is 14.7 Å². The summed E-state index contributed by atoms with van der Waals surface area (Å²) in [5, 5.41) is 14.5. The predicted molar refractivity (Wildman–Crippen MR) is 87.7 cm³/mol. The summed E-state index contributed by atoms with van der Waals surface area (Å²) in [7, 11) is 0. The van der Waals surface area contributed by atoms with Crippen molar-refractivity contribution in [3.05, 3.63) is 33.6 Å². The second-order valence-electron chi connectivity index (χ2n) is 4.46. The molecule has 22 heavy (non-hydrogen) atoms. The molecule has 1 aromatic heterocycles. The lowest BCUT2D eigenvalue weighted by atomic mass is 10.2. The molecule has 0 aliphatic rings. The van der Waals surface area contributed by atoms with Crippen LogP contribution in [0.25, 0.3) is 10.6 Å². The third-order valence-corrected chi connectivity index (χ3v) is 4.36. The number of halogens is 2. The SMILES string of the molecule is O=C(O)CCCC(=O)Nc1csc(-c2ccc(Cl)c(Cl)c2)n1. The third-order valence-electron chi connectivity index (χ3n) is 2.73. The van der Waals surface area contributed by atoms with E-state index in [4.69, 9.17) is 28.3 Å². The molecule has 5 nitrogen and oxygen atoms in total. The molecule has 2 rings (SSSR count). The molecule has 1 aromatic carbocycles. The first-order valence-corrected chi connectivity index (χ1v) is 8.02. The van der Waals surface area contributed by atoms with Gasteiger partial charge in [0.1, 0.15) is 10.8 Å². The predicted octanol–water partition coefficient (Wildman–Crippen LogP) is 4.31. The van der Waals surface area contributed by atoms with E-state index in [1.807, 2.05) is 0 Å². The summed E-state index contributed by atoms with van der Waals surface area (Å²) >= 11 is 13.2. The number of hydrogen-bond acceptors (Lipinski definition) is 4. The number of benzene rings is 1. The minimum atomic E-state index is -0.914. The maximum absolute atomic E-state index is 11.7. The normalized spacial score (nSPS) is 10.5. The molecule has 0 fully saturated rings. The second kappa shape index (κ2) is 7.58. The number of anilines is 1. The summed E-state index contributed by atoms with van der Waals surface area (Å²) in [6, 6.07) is 5.19. The van der Waals surface area contributed by atoms with Crippen LogP contribution < -0.4 is 5.32 Å². The summed E-state index contributed by atoms with van der Waals surface area (Å²) in [6.07, 6.45) is 0.413. The quantitative estimate of drug-likeness (QED) is 0.806. The van der Waals surface area contributed by atoms with Crippen molar-refractivity contribution in [3.8, 4) is 10.6 Å². The molecule has 2 aromatic rings. The van der Waals surface area contributed by atoms with E-state index < -0.39 is 5.97 Å². The van der Waals surface area contributed by atoms with Crippen LogP contribution in [0.5, 0.6) is 0 Å². The van der Waals surface area contributed by atoms with Crippen molar-refractivity contribution in [1.29, 1.82) is 0 Å². The summed E-state index contributed by atoms with van der Waals surface area (Å²) in [5.41, 5.74) is 0.811. The Balaban J connectivity index is 1.97. The number of carbonyl (C=O) groups excluding carboxylic acids is 1. The Morgan fingerprint density at radius 1 is 1.23 bits per heavy atom. The third kappa shape index (κ3) is 4.69. The zero-order valence-electron chi connectivity index (χ0n) is 11.3. The lowest BCUT2D eigenvalue weighted by Crippen LogP contribution is -2.12. The molecule has 0 bridgehead atoms. The number of hydrogen-bond donors (Lipinski definition) is 2. The van der Waals surface area contributed by atoms with Crippen LogP contribution in [0.4, 0.5) is 5.82 Å². The summed E-state index contributed by atoms with van der Waals surface area (Å²) in [5.74, 6) is -0.734. The molecular formula is C14H12Cl2N2O3S. The van der Waals surface area contributed by atoms with Crippen molar-refractivity contribution in [2.75, 3.05) is 5.32 Å². The Morgan fingerprint density at radius 2 is 2.00 bits per heavy atom. The minimum absolute atomic E-state index is 0.0288. The fraction of sp³-hybridized carbons (Fsp3) is 0.214. The largest absolute Gasteiger partial charge is 0.481 e. The fourth-order valence-corrected chi connectivity index (χ4v) is 2.75. The molecule has 116 valence electrons. The molecular weight excluding hydrogens is 347 g/mol. The first-order valence-electron chi connectivity index (χ1n) is 6.38. The molecule has 0 saturated heterocycles. The average Bonchev–Trinajstić information content (AvgIpc) is 2.90. The van der Waals surface area contributed by atoms with Crippen molar-refractivity contribution in [2.24, 2.45) is 0 Å². The Hall–Kier alpha value is -1.63. The smallest absolute Gasteiger partial charge is 0.303 e. The van der Waals surface area contributed by atoms with E-state index in [2.05, 4.69) is 10.3 Å². The molecule has 0 spiro atoms. The van der Waals surface area contributed by atoms with Crippen LogP contribution in [0.15, 0.2) is 23.6 Å². The lowest BCUT2D eigenvalue weighted by molar-refractivity contribution is -0.137. The molecule has 0 unspecified atom stereocenters. The van der Waals surface area contributed by atoms with Gasteiger partial charge in [0.15, 0.2) is 0 Å². The molecule has 8 heteroatoms. The number of amides is 1. The van der Waals surface area contributed by atoms with Crippen LogP contribution in [0.1, 0.15) is 19.3 Å². The summed E-state index contributed by atoms with van der Waals surface area (Å²) in [4.78, 5) is 26.4. The highest BCUT2D eigenvalue weighted by Crippen LogP contribution is 2.31. The van der Waals surface area contributed by atoms with Gasteiger partial charge < -0.3 is 10.4 Å². The zero-order valence-corrected chi connectivity index (χ0v) is 13.6. The Kier molecular flexibility index (Phi) is 5.76. The van der Waals surface area contributed by atoms with E-state index in [0.717, 1.165) is 5.56 Å². The maximum Gasteiger partial charge on any atom is 0.303 e.